The molecule has 0 N–H and O–H groups in total. The zero-order chi connectivity index (χ0) is 12.8. The monoisotopic (exact) mass is 273 g/mol. The van der Waals surface area contributed by atoms with Crippen LogP contribution in [0, 0.1) is 5.41 Å². The van der Waals surface area contributed by atoms with Gasteiger partial charge in [0.25, 0.3) is 5.91 Å². The molecule has 1 aliphatic heterocycles. The molecule has 92 valence electrons. The van der Waals surface area contributed by atoms with Crippen molar-refractivity contribution in [3.8, 4) is 0 Å². The third-order valence-corrected chi connectivity index (χ3v) is 3.70. The first-order valence-electron chi connectivity index (χ1n) is 5.30. The summed E-state index contributed by atoms with van der Waals surface area (Å²) in [6.45, 7) is 5.55. The van der Waals surface area contributed by atoms with Gasteiger partial charge in [-0.2, -0.15) is 5.06 Å². The van der Waals surface area contributed by atoms with Crippen LogP contribution in [0.25, 0.3) is 0 Å². The average Bonchev–Trinajstić information content (AvgIpc) is 2.46. The molecular formula is C12H13Cl2NO2. The third kappa shape index (κ3) is 2.03. The molecule has 0 aromatic heterocycles. The number of benzene rings is 1. The Hall–Kier alpha value is -0.770. The van der Waals surface area contributed by atoms with Crippen LogP contribution in [-0.4, -0.2) is 12.0 Å². The second-order valence-corrected chi connectivity index (χ2v) is 5.51. The summed E-state index contributed by atoms with van der Waals surface area (Å²) in [5, 5.41) is 2.18. The van der Waals surface area contributed by atoms with Gasteiger partial charge in [-0.3, -0.25) is 9.63 Å². The fourth-order valence-electron chi connectivity index (χ4n) is 1.58. The van der Waals surface area contributed by atoms with Crippen LogP contribution in [0.2, 0.25) is 10.0 Å². The van der Waals surface area contributed by atoms with Gasteiger partial charge in [0.1, 0.15) is 0 Å². The normalized spacial score (nSPS) is 23.2. The van der Waals surface area contributed by atoms with Crippen LogP contribution < -0.4 is 5.06 Å². The minimum absolute atomic E-state index is 0.117. The van der Waals surface area contributed by atoms with Crippen molar-refractivity contribution in [2.24, 2.45) is 5.41 Å². The van der Waals surface area contributed by atoms with Gasteiger partial charge in [-0.05, 0) is 39.0 Å². The molecule has 0 bridgehead atoms. The highest BCUT2D eigenvalue weighted by molar-refractivity contribution is 6.35. The lowest BCUT2D eigenvalue weighted by Gasteiger charge is -2.17. The van der Waals surface area contributed by atoms with Gasteiger partial charge in [0.05, 0.1) is 22.2 Å². The van der Waals surface area contributed by atoms with Crippen molar-refractivity contribution in [1.82, 2.24) is 0 Å². The van der Waals surface area contributed by atoms with Gasteiger partial charge in [0.2, 0.25) is 0 Å². The van der Waals surface area contributed by atoms with E-state index in [0.717, 1.165) is 0 Å². The van der Waals surface area contributed by atoms with E-state index in [9.17, 15) is 4.79 Å². The number of hydrogen-bond donors (Lipinski definition) is 0. The largest absolute Gasteiger partial charge is 0.271 e. The Balaban J connectivity index is 2.43. The lowest BCUT2D eigenvalue weighted by Crippen LogP contribution is -2.32. The SMILES string of the molecule is CC1ON(c2cc(Cl)ccc2Cl)C(=O)C1(C)C. The molecule has 0 spiro atoms. The molecule has 1 saturated heterocycles. The summed E-state index contributed by atoms with van der Waals surface area (Å²) in [7, 11) is 0. The molecule has 17 heavy (non-hydrogen) atoms. The lowest BCUT2D eigenvalue weighted by molar-refractivity contribution is -0.124. The summed E-state index contributed by atoms with van der Waals surface area (Å²) in [6, 6.07) is 4.93. The van der Waals surface area contributed by atoms with Gasteiger partial charge < -0.3 is 0 Å². The second-order valence-electron chi connectivity index (χ2n) is 4.66. The maximum atomic E-state index is 12.2. The molecule has 1 aromatic carbocycles. The number of hydroxylamine groups is 1. The molecule has 1 fully saturated rings. The highest BCUT2D eigenvalue weighted by Crippen LogP contribution is 2.39. The zero-order valence-electron chi connectivity index (χ0n) is 9.83. The van der Waals surface area contributed by atoms with E-state index in [1.54, 1.807) is 18.2 Å². The molecular weight excluding hydrogens is 261 g/mol. The minimum Gasteiger partial charge on any atom is -0.271 e. The number of hydrogen-bond acceptors (Lipinski definition) is 2. The third-order valence-electron chi connectivity index (χ3n) is 3.14. The quantitative estimate of drug-likeness (QED) is 0.781. The van der Waals surface area contributed by atoms with Crippen LogP contribution in [0.15, 0.2) is 18.2 Å². The van der Waals surface area contributed by atoms with Crippen molar-refractivity contribution < 1.29 is 9.63 Å². The van der Waals surface area contributed by atoms with Crippen LogP contribution in [0.3, 0.4) is 0 Å². The van der Waals surface area contributed by atoms with Crippen LogP contribution in [0.5, 0.6) is 0 Å². The van der Waals surface area contributed by atoms with Crippen LogP contribution >= 0.6 is 23.2 Å². The summed E-state index contributed by atoms with van der Waals surface area (Å²) < 4.78 is 0. The zero-order valence-corrected chi connectivity index (χ0v) is 11.3. The summed E-state index contributed by atoms with van der Waals surface area (Å²) in [5.41, 5.74) is -0.0763. The van der Waals surface area contributed by atoms with E-state index < -0.39 is 5.41 Å². The number of amides is 1. The van der Waals surface area contributed by atoms with E-state index in [4.69, 9.17) is 28.0 Å². The molecule has 1 amide bonds. The van der Waals surface area contributed by atoms with Crippen molar-refractivity contribution in [2.75, 3.05) is 5.06 Å². The Bertz CT molecular complexity index is 474. The summed E-state index contributed by atoms with van der Waals surface area (Å²) in [4.78, 5) is 17.8. The van der Waals surface area contributed by atoms with Gasteiger partial charge >= 0.3 is 0 Å². The van der Waals surface area contributed by atoms with Crippen molar-refractivity contribution >= 4 is 34.8 Å². The molecule has 1 aromatic rings. The van der Waals surface area contributed by atoms with Crippen LogP contribution in [-0.2, 0) is 9.63 Å². The molecule has 5 heteroatoms. The Morgan fingerprint density at radius 2 is 2.00 bits per heavy atom. The molecule has 0 radical (unpaired) electrons. The maximum Gasteiger partial charge on any atom is 0.259 e. The van der Waals surface area contributed by atoms with Gasteiger partial charge in [-0.25, -0.2) is 0 Å². The summed E-state index contributed by atoms with van der Waals surface area (Å²) >= 11 is 11.9. The average molecular weight is 274 g/mol. The van der Waals surface area contributed by atoms with E-state index in [2.05, 4.69) is 0 Å². The molecule has 3 nitrogen and oxygen atoms in total. The van der Waals surface area contributed by atoms with Gasteiger partial charge in [0.15, 0.2) is 0 Å². The first-order chi connectivity index (χ1) is 7.84. The van der Waals surface area contributed by atoms with E-state index in [0.29, 0.717) is 15.7 Å². The molecule has 1 unspecified atom stereocenters. The topological polar surface area (TPSA) is 29.5 Å². The predicted molar refractivity (Wildman–Crippen MR) is 68.3 cm³/mol. The lowest BCUT2D eigenvalue weighted by atomic mass is 9.87. The number of halogens is 2. The summed E-state index contributed by atoms with van der Waals surface area (Å²) in [6.07, 6.45) is -0.204. The van der Waals surface area contributed by atoms with Crippen LogP contribution in [0.1, 0.15) is 20.8 Å². The van der Waals surface area contributed by atoms with E-state index in [1.807, 2.05) is 20.8 Å². The number of nitrogens with zero attached hydrogens (tertiary/aromatic N) is 1. The molecule has 2 rings (SSSR count). The van der Waals surface area contributed by atoms with Crippen molar-refractivity contribution in [3.05, 3.63) is 28.2 Å². The molecule has 0 aliphatic carbocycles. The Kier molecular flexibility index (Phi) is 3.10. The van der Waals surface area contributed by atoms with E-state index in [-0.39, 0.29) is 12.0 Å². The Labute approximate surface area is 110 Å². The summed E-state index contributed by atoms with van der Waals surface area (Å²) in [5.74, 6) is -0.117. The van der Waals surface area contributed by atoms with Crippen molar-refractivity contribution in [2.45, 2.75) is 26.9 Å². The standard InChI is InChI=1S/C12H13Cl2NO2/c1-7-12(2,3)11(16)15(17-7)10-6-8(13)4-5-9(10)14/h4-7H,1-3H3. The molecule has 1 aliphatic rings. The van der Waals surface area contributed by atoms with Crippen molar-refractivity contribution in [3.63, 3.8) is 0 Å². The Morgan fingerprint density at radius 3 is 2.53 bits per heavy atom. The smallest absolute Gasteiger partial charge is 0.259 e. The molecule has 0 saturated carbocycles. The number of anilines is 1. The fraction of sp³-hybridized carbons (Fsp3) is 0.417. The minimum atomic E-state index is -0.564. The molecule has 1 atom stereocenters. The highest BCUT2D eigenvalue weighted by Gasteiger charge is 2.47. The van der Waals surface area contributed by atoms with E-state index in [1.165, 1.54) is 5.06 Å². The number of carbonyl (C=O) groups excluding carboxylic acids is 1. The maximum absolute atomic E-state index is 12.2. The number of rotatable bonds is 1. The first kappa shape index (κ1) is 12.7. The highest BCUT2D eigenvalue weighted by atomic mass is 35.5. The Morgan fingerprint density at radius 1 is 1.35 bits per heavy atom. The van der Waals surface area contributed by atoms with Crippen LogP contribution in [0.4, 0.5) is 5.69 Å². The van der Waals surface area contributed by atoms with E-state index >= 15 is 0 Å². The van der Waals surface area contributed by atoms with Crippen molar-refractivity contribution in [1.29, 1.82) is 0 Å². The fourth-order valence-corrected chi connectivity index (χ4v) is 1.94. The predicted octanol–water partition coefficient (Wildman–Crippen LogP) is 3.69. The molecule has 1 heterocycles. The first-order valence-corrected chi connectivity index (χ1v) is 6.06. The van der Waals surface area contributed by atoms with Gasteiger partial charge in [-0.15, -0.1) is 0 Å². The van der Waals surface area contributed by atoms with Gasteiger partial charge in [-0.1, -0.05) is 23.2 Å². The van der Waals surface area contributed by atoms with Gasteiger partial charge in [0, 0.05) is 5.02 Å². The second kappa shape index (κ2) is 4.16. The number of carbonyl (C=O) groups is 1.